The van der Waals surface area contributed by atoms with Crippen molar-refractivity contribution in [3.63, 3.8) is 0 Å². The highest BCUT2D eigenvalue weighted by atomic mass is 79.9. The summed E-state index contributed by atoms with van der Waals surface area (Å²) < 4.78 is 19.7. The summed E-state index contributed by atoms with van der Waals surface area (Å²) in [6.45, 7) is 4.02. The van der Waals surface area contributed by atoms with Gasteiger partial charge < -0.3 is 14.2 Å². The van der Waals surface area contributed by atoms with Gasteiger partial charge in [-0.15, -0.1) is 11.3 Å². The standard InChI is InChI=1S/C30H24BrN3O5S2/c1-4-38-29(36)25-17(2)33-30-34(26(25)23-6-5-11-40-23)28(35)24(41-30)14-20-12-21(31)27(22(13-20)37-3)39-16-19-9-7-18(15-32)8-10-19/h5-14,26H,4,16H2,1-3H3/b24-14-/t26-/m0/s1. The van der Waals surface area contributed by atoms with Crippen molar-refractivity contribution in [2.24, 2.45) is 4.99 Å². The number of methoxy groups -OCH3 is 1. The Labute approximate surface area is 252 Å². The number of thiazole rings is 1. The molecule has 0 fully saturated rings. The number of carbonyl (C=O) groups excluding carboxylic acids is 1. The van der Waals surface area contributed by atoms with Crippen LogP contribution in [-0.4, -0.2) is 24.3 Å². The van der Waals surface area contributed by atoms with Crippen LogP contribution in [0.1, 0.15) is 41.5 Å². The van der Waals surface area contributed by atoms with Crippen LogP contribution in [0.2, 0.25) is 0 Å². The summed E-state index contributed by atoms with van der Waals surface area (Å²) in [4.78, 5) is 32.7. The molecule has 0 bridgehead atoms. The Bertz CT molecular complexity index is 1870. The second-order valence-electron chi connectivity index (χ2n) is 8.95. The molecule has 41 heavy (non-hydrogen) atoms. The number of esters is 1. The van der Waals surface area contributed by atoms with E-state index in [0.29, 0.717) is 42.1 Å². The van der Waals surface area contributed by atoms with Gasteiger partial charge in [0.15, 0.2) is 16.3 Å². The average Bonchev–Trinajstić information content (AvgIpc) is 3.60. The minimum absolute atomic E-state index is 0.223. The Morgan fingerprint density at radius 3 is 2.68 bits per heavy atom. The van der Waals surface area contributed by atoms with E-state index in [1.165, 1.54) is 22.7 Å². The van der Waals surface area contributed by atoms with E-state index < -0.39 is 12.0 Å². The molecule has 0 saturated heterocycles. The van der Waals surface area contributed by atoms with Gasteiger partial charge >= 0.3 is 5.97 Å². The van der Waals surface area contributed by atoms with Gasteiger partial charge in [-0.05, 0) is 82.7 Å². The van der Waals surface area contributed by atoms with Crippen molar-refractivity contribution in [2.45, 2.75) is 26.5 Å². The number of halogens is 1. The Kier molecular flexibility index (Phi) is 8.54. The maximum Gasteiger partial charge on any atom is 0.338 e. The normalized spacial score (nSPS) is 14.7. The van der Waals surface area contributed by atoms with Crippen LogP contribution in [0.5, 0.6) is 11.5 Å². The maximum atomic E-state index is 13.8. The molecule has 4 aromatic rings. The van der Waals surface area contributed by atoms with Crippen LogP contribution in [0.15, 0.2) is 79.4 Å². The first-order valence-corrected chi connectivity index (χ1v) is 15.1. The SMILES string of the molecule is CCOC(=O)C1=C(C)N=c2s/c(=C\c3cc(Br)c(OCc4ccc(C#N)cc4)c(OC)c3)c(=O)n2[C@H]1c1cccs1. The van der Waals surface area contributed by atoms with E-state index in [1.54, 1.807) is 49.8 Å². The summed E-state index contributed by atoms with van der Waals surface area (Å²) in [6.07, 6.45) is 1.77. The molecule has 0 aliphatic carbocycles. The number of nitrogens with zero attached hydrogens (tertiary/aromatic N) is 3. The van der Waals surface area contributed by atoms with E-state index in [9.17, 15) is 9.59 Å². The molecule has 0 amide bonds. The number of thiophene rings is 1. The highest BCUT2D eigenvalue weighted by Gasteiger charge is 2.33. The molecule has 3 heterocycles. The Morgan fingerprint density at radius 1 is 1.24 bits per heavy atom. The van der Waals surface area contributed by atoms with Crippen LogP contribution in [0.4, 0.5) is 0 Å². The van der Waals surface area contributed by atoms with Gasteiger partial charge in [0.25, 0.3) is 5.56 Å². The first-order chi connectivity index (χ1) is 19.8. The fourth-order valence-corrected chi connectivity index (χ4v) is 6.90. The molecule has 0 saturated carbocycles. The molecule has 5 rings (SSSR count). The van der Waals surface area contributed by atoms with Gasteiger partial charge in [-0.1, -0.05) is 29.5 Å². The fraction of sp³-hybridized carbons (Fsp3) is 0.200. The van der Waals surface area contributed by atoms with Gasteiger partial charge in [-0.2, -0.15) is 5.26 Å². The Balaban J connectivity index is 1.53. The second-order valence-corrected chi connectivity index (χ2v) is 11.8. The average molecular weight is 651 g/mol. The second kappa shape index (κ2) is 12.3. The smallest absolute Gasteiger partial charge is 0.338 e. The first kappa shape index (κ1) is 28.5. The lowest BCUT2D eigenvalue weighted by molar-refractivity contribution is -0.139. The van der Waals surface area contributed by atoms with Gasteiger partial charge in [-0.25, -0.2) is 9.79 Å². The predicted molar refractivity (Wildman–Crippen MR) is 161 cm³/mol. The summed E-state index contributed by atoms with van der Waals surface area (Å²) in [5.74, 6) is 0.526. The van der Waals surface area contributed by atoms with Crippen molar-refractivity contribution in [1.29, 1.82) is 5.26 Å². The van der Waals surface area contributed by atoms with Gasteiger partial charge in [-0.3, -0.25) is 9.36 Å². The van der Waals surface area contributed by atoms with Gasteiger partial charge in [0.1, 0.15) is 12.6 Å². The van der Waals surface area contributed by atoms with Gasteiger partial charge in [0, 0.05) is 4.88 Å². The van der Waals surface area contributed by atoms with E-state index in [2.05, 4.69) is 27.0 Å². The molecule has 0 spiro atoms. The third kappa shape index (κ3) is 5.77. The summed E-state index contributed by atoms with van der Waals surface area (Å²) in [7, 11) is 1.55. The van der Waals surface area contributed by atoms with Crippen LogP contribution in [-0.2, 0) is 16.1 Å². The van der Waals surface area contributed by atoms with Crippen LogP contribution in [0, 0.1) is 11.3 Å². The van der Waals surface area contributed by atoms with Crippen molar-refractivity contribution < 1.29 is 19.0 Å². The van der Waals surface area contributed by atoms with E-state index >= 15 is 0 Å². The number of hydrogen-bond acceptors (Lipinski definition) is 9. The Hall–Kier alpha value is -3.98. The molecule has 0 N–H and O–H groups in total. The number of ether oxygens (including phenoxy) is 3. The van der Waals surface area contributed by atoms with E-state index in [-0.39, 0.29) is 18.8 Å². The van der Waals surface area contributed by atoms with Crippen LogP contribution in [0.3, 0.4) is 0 Å². The summed E-state index contributed by atoms with van der Waals surface area (Å²) in [5, 5.41) is 10.9. The summed E-state index contributed by atoms with van der Waals surface area (Å²) in [6, 6.07) is 16.1. The van der Waals surface area contributed by atoms with E-state index in [0.717, 1.165) is 16.0 Å². The zero-order valence-electron chi connectivity index (χ0n) is 22.3. The zero-order chi connectivity index (χ0) is 29.1. The van der Waals surface area contributed by atoms with Crippen molar-refractivity contribution in [3.8, 4) is 17.6 Å². The van der Waals surface area contributed by atoms with Crippen molar-refractivity contribution in [1.82, 2.24) is 4.57 Å². The molecule has 2 aromatic carbocycles. The molecule has 8 nitrogen and oxygen atoms in total. The summed E-state index contributed by atoms with van der Waals surface area (Å²) >= 11 is 6.31. The minimum atomic E-state index is -0.619. The first-order valence-electron chi connectivity index (χ1n) is 12.6. The van der Waals surface area contributed by atoms with E-state index in [4.69, 9.17) is 19.5 Å². The molecule has 0 radical (unpaired) electrons. The van der Waals surface area contributed by atoms with Crippen LogP contribution >= 0.6 is 38.6 Å². The quantitative estimate of drug-likeness (QED) is 0.247. The largest absolute Gasteiger partial charge is 0.493 e. The lowest BCUT2D eigenvalue weighted by atomic mass is 10.0. The molecule has 208 valence electrons. The van der Waals surface area contributed by atoms with Crippen molar-refractivity contribution in [3.05, 3.63) is 111 Å². The number of hydrogen-bond donors (Lipinski definition) is 0. The molecule has 1 atom stereocenters. The zero-order valence-corrected chi connectivity index (χ0v) is 25.6. The number of nitriles is 1. The number of benzene rings is 2. The van der Waals surface area contributed by atoms with Crippen molar-refractivity contribution >= 4 is 50.6 Å². The predicted octanol–water partition coefficient (Wildman–Crippen LogP) is 5.08. The molecule has 2 aromatic heterocycles. The van der Waals surface area contributed by atoms with Crippen LogP contribution in [0.25, 0.3) is 6.08 Å². The maximum absolute atomic E-state index is 13.8. The number of fused-ring (bicyclic) bond motifs is 1. The minimum Gasteiger partial charge on any atom is -0.493 e. The fourth-order valence-electron chi connectivity index (χ4n) is 4.45. The summed E-state index contributed by atoms with van der Waals surface area (Å²) in [5.41, 5.74) is 2.85. The highest BCUT2D eigenvalue weighted by molar-refractivity contribution is 9.10. The third-order valence-corrected chi connectivity index (χ3v) is 8.84. The number of carbonyl (C=O) groups is 1. The van der Waals surface area contributed by atoms with E-state index in [1.807, 2.05) is 35.7 Å². The highest BCUT2D eigenvalue weighted by Crippen LogP contribution is 2.37. The monoisotopic (exact) mass is 649 g/mol. The van der Waals surface area contributed by atoms with Gasteiger partial charge in [0.2, 0.25) is 0 Å². The number of aromatic nitrogens is 1. The molecule has 11 heteroatoms. The van der Waals surface area contributed by atoms with Crippen LogP contribution < -0.4 is 24.4 Å². The third-order valence-electron chi connectivity index (χ3n) is 6.35. The number of allylic oxidation sites excluding steroid dienone is 1. The topological polar surface area (TPSA) is 103 Å². The molecular weight excluding hydrogens is 626 g/mol. The van der Waals surface area contributed by atoms with Crippen molar-refractivity contribution in [2.75, 3.05) is 13.7 Å². The molecule has 1 aliphatic heterocycles. The lowest BCUT2D eigenvalue weighted by Crippen LogP contribution is -2.39. The lowest BCUT2D eigenvalue weighted by Gasteiger charge is -2.23. The molecule has 1 aliphatic rings. The molecule has 0 unspecified atom stereocenters. The number of rotatable bonds is 8. The Morgan fingerprint density at radius 2 is 2.02 bits per heavy atom. The molecular formula is C30H24BrN3O5S2. The van der Waals surface area contributed by atoms with Gasteiger partial charge in [0.05, 0.1) is 45.6 Å².